The second-order valence-corrected chi connectivity index (χ2v) is 10.3. The molecule has 1 heterocycles. The molecule has 0 bridgehead atoms. The Labute approximate surface area is 212 Å². The summed E-state index contributed by atoms with van der Waals surface area (Å²) in [6, 6.07) is 14.8. The molecule has 0 spiro atoms. The summed E-state index contributed by atoms with van der Waals surface area (Å²) in [7, 11) is 5.82. The van der Waals surface area contributed by atoms with E-state index in [4.69, 9.17) is 4.74 Å². The third kappa shape index (κ3) is 6.86. The van der Waals surface area contributed by atoms with Crippen molar-refractivity contribution >= 4 is 32.7 Å². The van der Waals surface area contributed by atoms with Gasteiger partial charge in [-0.3, -0.25) is 4.79 Å². The van der Waals surface area contributed by atoms with Gasteiger partial charge in [0.05, 0.1) is 7.11 Å². The molecular weight excluding hydrogens is 490 g/mol. The number of nitrogens with zero attached hydrogens (tertiary/aromatic N) is 2. The van der Waals surface area contributed by atoms with E-state index in [0.717, 1.165) is 49.1 Å². The molecule has 0 aliphatic carbocycles. The predicted octanol–water partition coefficient (Wildman–Crippen LogP) is 5.80. The predicted molar refractivity (Wildman–Crippen MR) is 145 cm³/mol. The maximum atomic E-state index is 12.6. The van der Waals surface area contributed by atoms with E-state index in [2.05, 4.69) is 95.1 Å². The Morgan fingerprint density at radius 1 is 1.18 bits per heavy atom. The second kappa shape index (κ2) is 12.4. The molecule has 1 N–H and O–H groups in total. The first kappa shape index (κ1) is 26.3. The first-order valence-electron chi connectivity index (χ1n) is 12.1. The Morgan fingerprint density at radius 2 is 1.91 bits per heavy atom. The van der Waals surface area contributed by atoms with Crippen LogP contribution in [0.5, 0.6) is 5.75 Å². The minimum atomic E-state index is 0.152. The lowest BCUT2D eigenvalue weighted by atomic mass is 9.92. The molecule has 0 saturated heterocycles. The van der Waals surface area contributed by atoms with Crippen LogP contribution in [0.1, 0.15) is 43.0 Å². The molecule has 0 aliphatic heterocycles. The number of amides is 1. The van der Waals surface area contributed by atoms with Crippen LogP contribution in [0.25, 0.3) is 10.9 Å². The highest BCUT2D eigenvalue weighted by atomic mass is 79.9. The number of halogens is 1. The second-order valence-electron chi connectivity index (χ2n) is 9.35. The number of carbonyl (C=O) groups is 1. The number of carbonyl (C=O) groups excluding carboxylic acids is 1. The van der Waals surface area contributed by atoms with Gasteiger partial charge in [-0.1, -0.05) is 41.4 Å². The van der Waals surface area contributed by atoms with Crippen LogP contribution >= 0.6 is 15.9 Å². The van der Waals surface area contributed by atoms with Crippen molar-refractivity contribution in [3.8, 4) is 5.75 Å². The smallest absolute Gasteiger partial charge is 0.220 e. The number of rotatable bonds is 12. The molecule has 3 rings (SSSR count). The summed E-state index contributed by atoms with van der Waals surface area (Å²) < 4.78 is 9.02. The van der Waals surface area contributed by atoms with E-state index >= 15 is 0 Å². The summed E-state index contributed by atoms with van der Waals surface area (Å²) in [6.45, 7) is 6.91. The molecule has 0 aliphatic rings. The quantitative estimate of drug-likeness (QED) is 0.303. The Balaban J connectivity index is 1.82. The fourth-order valence-corrected chi connectivity index (χ4v) is 4.76. The average Bonchev–Trinajstić information content (AvgIpc) is 3.07. The van der Waals surface area contributed by atoms with Crippen LogP contribution in [0.2, 0.25) is 0 Å². The molecule has 1 amide bonds. The van der Waals surface area contributed by atoms with Gasteiger partial charge in [0.2, 0.25) is 5.91 Å². The number of benzene rings is 2. The van der Waals surface area contributed by atoms with Crippen molar-refractivity contribution in [2.24, 2.45) is 5.92 Å². The number of nitrogens with one attached hydrogen (secondary N) is 1. The van der Waals surface area contributed by atoms with Crippen LogP contribution in [0.4, 0.5) is 0 Å². The largest absolute Gasteiger partial charge is 0.497 e. The van der Waals surface area contributed by atoms with Crippen molar-refractivity contribution in [1.82, 2.24) is 14.8 Å². The topological polar surface area (TPSA) is 46.5 Å². The van der Waals surface area contributed by atoms with E-state index in [9.17, 15) is 4.79 Å². The number of aromatic nitrogens is 1. The van der Waals surface area contributed by atoms with E-state index in [0.29, 0.717) is 12.3 Å². The molecular formula is C28H38BrN3O2. The molecule has 5 nitrogen and oxygen atoms in total. The van der Waals surface area contributed by atoms with Crippen LogP contribution in [-0.2, 0) is 17.8 Å². The maximum Gasteiger partial charge on any atom is 0.220 e. The molecule has 1 atom stereocenters. The van der Waals surface area contributed by atoms with Crippen LogP contribution < -0.4 is 10.1 Å². The van der Waals surface area contributed by atoms with Gasteiger partial charge in [-0.05, 0) is 87.8 Å². The average molecular weight is 529 g/mol. The van der Waals surface area contributed by atoms with Crippen molar-refractivity contribution in [1.29, 1.82) is 0 Å². The van der Waals surface area contributed by atoms with Gasteiger partial charge in [0.15, 0.2) is 0 Å². The highest BCUT2D eigenvalue weighted by molar-refractivity contribution is 9.10. The number of hydrogen-bond acceptors (Lipinski definition) is 3. The van der Waals surface area contributed by atoms with Crippen LogP contribution in [0.15, 0.2) is 46.9 Å². The van der Waals surface area contributed by atoms with Gasteiger partial charge < -0.3 is 19.5 Å². The lowest BCUT2D eigenvalue weighted by Gasteiger charge is -2.16. The number of fused-ring (bicyclic) bond motifs is 1. The van der Waals surface area contributed by atoms with Crippen LogP contribution in [0, 0.1) is 12.8 Å². The third-order valence-corrected chi connectivity index (χ3v) is 7.09. The zero-order chi connectivity index (χ0) is 24.7. The van der Waals surface area contributed by atoms with Crippen LogP contribution in [0.3, 0.4) is 0 Å². The molecule has 0 fully saturated rings. The summed E-state index contributed by atoms with van der Waals surface area (Å²) in [5.41, 5.74) is 5.04. The zero-order valence-corrected chi connectivity index (χ0v) is 22.7. The van der Waals surface area contributed by atoms with Gasteiger partial charge in [0.1, 0.15) is 5.75 Å². The SMILES string of the molecule is CCC(CC(=O)NCCCN(C)C)Cc1c(C)n(Cc2ccc(Br)cc2)c2ccc(OC)cc12. The fourth-order valence-electron chi connectivity index (χ4n) is 4.50. The summed E-state index contributed by atoms with van der Waals surface area (Å²) in [5, 5.41) is 4.33. The molecule has 6 heteroatoms. The summed E-state index contributed by atoms with van der Waals surface area (Å²) in [5.74, 6) is 1.31. The summed E-state index contributed by atoms with van der Waals surface area (Å²) >= 11 is 3.53. The third-order valence-electron chi connectivity index (χ3n) is 6.56. The molecule has 1 unspecified atom stereocenters. The molecule has 0 saturated carbocycles. The lowest BCUT2D eigenvalue weighted by Crippen LogP contribution is -2.29. The van der Waals surface area contributed by atoms with E-state index in [1.807, 2.05) is 6.07 Å². The highest BCUT2D eigenvalue weighted by Gasteiger charge is 2.20. The van der Waals surface area contributed by atoms with E-state index in [-0.39, 0.29) is 5.91 Å². The number of ether oxygens (including phenoxy) is 1. The Morgan fingerprint density at radius 3 is 2.56 bits per heavy atom. The lowest BCUT2D eigenvalue weighted by molar-refractivity contribution is -0.122. The number of methoxy groups -OCH3 is 1. The van der Waals surface area contributed by atoms with Gasteiger partial charge in [-0.15, -0.1) is 0 Å². The van der Waals surface area contributed by atoms with Crippen molar-refractivity contribution < 1.29 is 9.53 Å². The standard InChI is InChI=1S/C28H38BrN3O2/c1-6-21(17-28(33)30-14-7-15-31(3)4)16-25-20(2)32(19-22-8-10-23(29)11-9-22)27-13-12-24(34-5)18-26(25)27/h8-13,18,21H,6-7,14-17,19H2,1-5H3,(H,30,33). The van der Waals surface area contributed by atoms with Gasteiger partial charge >= 0.3 is 0 Å². The Hall–Kier alpha value is -2.31. The van der Waals surface area contributed by atoms with Crippen molar-refractivity contribution in [2.75, 3.05) is 34.3 Å². The van der Waals surface area contributed by atoms with Crippen molar-refractivity contribution in [3.63, 3.8) is 0 Å². The number of hydrogen-bond donors (Lipinski definition) is 1. The summed E-state index contributed by atoms with van der Waals surface area (Å²) in [4.78, 5) is 14.8. The monoisotopic (exact) mass is 527 g/mol. The van der Waals surface area contributed by atoms with E-state index in [1.54, 1.807) is 7.11 Å². The zero-order valence-electron chi connectivity index (χ0n) is 21.2. The van der Waals surface area contributed by atoms with Gasteiger partial charge in [-0.25, -0.2) is 0 Å². The Bertz CT molecular complexity index is 1090. The summed E-state index contributed by atoms with van der Waals surface area (Å²) in [6.07, 6.45) is 3.37. The molecule has 184 valence electrons. The molecule has 34 heavy (non-hydrogen) atoms. The highest BCUT2D eigenvalue weighted by Crippen LogP contribution is 2.33. The minimum Gasteiger partial charge on any atom is -0.497 e. The van der Waals surface area contributed by atoms with E-state index in [1.165, 1.54) is 27.7 Å². The molecule has 2 aromatic carbocycles. The minimum absolute atomic E-state index is 0.152. The van der Waals surface area contributed by atoms with Crippen molar-refractivity contribution in [3.05, 3.63) is 63.8 Å². The van der Waals surface area contributed by atoms with Gasteiger partial charge in [0.25, 0.3) is 0 Å². The van der Waals surface area contributed by atoms with Crippen LogP contribution in [-0.4, -0.2) is 49.7 Å². The first-order valence-corrected chi connectivity index (χ1v) is 12.9. The van der Waals surface area contributed by atoms with Gasteiger partial charge in [0, 0.05) is 40.6 Å². The molecule has 0 radical (unpaired) electrons. The maximum absolute atomic E-state index is 12.6. The fraction of sp³-hybridized carbons (Fsp3) is 0.464. The van der Waals surface area contributed by atoms with Crippen molar-refractivity contribution in [2.45, 2.75) is 46.1 Å². The van der Waals surface area contributed by atoms with Gasteiger partial charge in [-0.2, -0.15) is 0 Å². The normalized spacial score (nSPS) is 12.3. The molecule has 3 aromatic rings. The first-order chi connectivity index (χ1) is 16.3. The Kier molecular flexibility index (Phi) is 9.60. The van der Waals surface area contributed by atoms with E-state index < -0.39 is 0 Å². The molecule has 1 aromatic heterocycles.